The molecule has 1 aromatic carbocycles. The maximum atomic E-state index is 12.4. The van der Waals surface area contributed by atoms with E-state index in [1.165, 1.54) is 45.0 Å². The molecular weight excluding hydrogens is 314 g/mol. The summed E-state index contributed by atoms with van der Waals surface area (Å²) >= 11 is 0. The van der Waals surface area contributed by atoms with Crippen molar-refractivity contribution in [3.8, 4) is 0 Å². The van der Waals surface area contributed by atoms with Gasteiger partial charge in [-0.2, -0.15) is 0 Å². The van der Waals surface area contributed by atoms with Crippen molar-refractivity contribution < 1.29 is 24.4 Å². The van der Waals surface area contributed by atoms with E-state index >= 15 is 0 Å². The summed E-state index contributed by atoms with van der Waals surface area (Å²) in [5, 5.41) is 21.6. The number of nitrogens with zero attached hydrogens (tertiary/aromatic N) is 1. The number of carbonyl (C=O) groups is 3. The Morgan fingerprint density at radius 1 is 1.29 bits per heavy atom. The molecule has 0 saturated heterocycles. The van der Waals surface area contributed by atoms with Gasteiger partial charge in [-0.25, -0.2) is 0 Å². The lowest BCUT2D eigenvalue weighted by atomic mass is 9.60. The molecule has 1 N–H and O–H groups in total. The van der Waals surface area contributed by atoms with Gasteiger partial charge in [0.25, 0.3) is 5.69 Å². The van der Waals surface area contributed by atoms with Crippen molar-refractivity contribution >= 4 is 23.0 Å². The molecule has 0 amide bonds. The van der Waals surface area contributed by atoms with Gasteiger partial charge in [-0.1, -0.05) is 12.1 Å². The van der Waals surface area contributed by atoms with Crippen LogP contribution in [0.4, 0.5) is 5.69 Å². The van der Waals surface area contributed by atoms with E-state index in [4.69, 9.17) is 0 Å². The first-order chi connectivity index (χ1) is 11.1. The predicted molar refractivity (Wildman–Crippen MR) is 84.4 cm³/mol. The number of nitro groups is 1. The van der Waals surface area contributed by atoms with Crippen LogP contribution in [-0.2, 0) is 14.4 Å². The fourth-order valence-electron chi connectivity index (χ4n) is 3.75. The highest BCUT2D eigenvalue weighted by atomic mass is 16.6. The Hall–Kier alpha value is -2.41. The average molecular weight is 333 g/mol. The number of Topliss-reactive ketones (excluding diaryl/α,β-unsaturated/α-hetero) is 3. The highest BCUT2D eigenvalue weighted by Gasteiger charge is 2.53. The number of rotatable bonds is 4. The van der Waals surface area contributed by atoms with Crippen molar-refractivity contribution in [3.63, 3.8) is 0 Å². The van der Waals surface area contributed by atoms with Gasteiger partial charge in [0.15, 0.2) is 0 Å². The summed E-state index contributed by atoms with van der Waals surface area (Å²) in [5.41, 5.74) is -1.47. The van der Waals surface area contributed by atoms with Gasteiger partial charge in [0.05, 0.1) is 22.4 Å². The van der Waals surface area contributed by atoms with E-state index in [-0.39, 0.29) is 17.9 Å². The summed E-state index contributed by atoms with van der Waals surface area (Å²) in [5.74, 6) is -4.25. The van der Waals surface area contributed by atoms with E-state index in [2.05, 4.69) is 0 Å². The number of aliphatic hydroxyl groups is 1. The number of non-ortho nitro benzene ring substituents is 1. The maximum Gasteiger partial charge on any atom is 0.269 e. The van der Waals surface area contributed by atoms with E-state index in [9.17, 15) is 29.6 Å². The molecule has 0 aromatic heterocycles. The number of hydrogen-bond acceptors (Lipinski definition) is 6. The quantitative estimate of drug-likeness (QED) is 0.510. The number of benzene rings is 1. The molecule has 128 valence electrons. The third-order valence-corrected chi connectivity index (χ3v) is 4.61. The molecule has 4 atom stereocenters. The number of ketones is 3. The van der Waals surface area contributed by atoms with Crippen LogP contribution in [-0.4, -0.2) is 33.0 Å². The standard InChI is InChI=1S/C17H19NO6/c1-9(19)14-13(21)8-17(3,22)16(10(2)20)15(14)11-5-4-6-12(7-11)18(23)24/h4-7,14-16,22H,8H2,1-3H3/t14-,15+,16-,17+/m0/s1. The topological polar surface area (TPSA) is 115 Å². The lowest BCUT2D eigenvalue weighted by Gasteiger charge is -2.44. The summed E-state index contributed by atoms with van der Waals surface area (Å²) in [4.78, 5) is 47.0. The molecule has 7 heteroatoms. The highest BCUT2D eigenvalue weighted by Crippen LogP contribution is 2.46. The first kappa shape index (κ1) is 17.9. The van der Waals surface area contributed by atoms with Gasteiger partial charge in [0.2, 0.25) is 0 Å². The molecule has 0 radical (unpaired) electrons. The minimum Gasteiger partial charge on any atom is -0.389 e. The Bertz CT molecular complexity index is 724. The van der Waals surface area contributed by atoms with E-state index in [0.29, 0.717) is 5.56 Å². The monoisotopic (exact) mass is 333 g/mol. The first-order valence-electron chi connectivity index (χ1n) is 7.56. The van der Waals surface area contributed by atoms with Crippen molar-refractivity contribution in [2.75, 3.05) is 0 Å². The third-order valence-electron chi connectivity index (χ3n) is 4.61. The van der Waals surface area contributed by atoms with Crippen LogP contribution in [0.15, 0.2) is 24.3 Å². The fraction of sp³-hybridized carbons (Fsp3) is 0.471. The molecule has 1 fully saturated rings. The Morgan fingerprint density at radius 2 is 1.92 bits per heavy atom. The van der Waals surface area contributed by atoms with Crippen LogP contribution in [0, 0.1) is 22.0 Å². The molecule has 1 saturated carbocycles. The van der Waals surface area contributed by atoms with Crippen LogP contribution in [0.5, 0.6) is 0 Å². The first-order valence-corrected chi connectivity index (χ1v) is 7.56. The molecule has 0 aliphatic heterocycles. The predicted octanol–water partition coefficient (Wildman–Crippen LogP) is 1.81. The van der Waals surface area contributed by atoms with Gasteiger partial charge in [-0.15, -0.1) is 0 Å². The van der Waals surface area contributed by atoms with Gasteiger partial charge in [0.1, 0.15) is 17.3 Å². The van der Waals surface area contributed by atoms with Crippen molar-refractivity contribution in [2.45, 2.75) is 38.7 Å². The van der Waals surface area contributed by atoms with Crippen LogP contribution in [0.3, 0.4) is 0 Å². The van der Waals surface area contributed by atoms with Crippen LogP contribution in [0.2, 0.25) is 0 Å². The molecule has 1 aliphatic rings. The molecule has 0 spiro atoms. The zero-order valence-corrected chi connectivity index (χ0v) is 13.7. The van der Waals surface area contributed by atoms with Gasteiger partial charge in [-0.3, -0.25) is 24.5 Å². The Labute approximate surface area is 138 Å². The number of hydrogen-bond donors (Lipinski definition) is 1. The second kappa shape index (κ2) is 6.24. The third kappa shape index (κ3) is 3.12. The molecule has 0 bridgehead atoms. The van der Waals surface area contributed by atoms with Crippen LogP contribution < -0.4 is 0 Å². The van der Waals surface area contributed by atoms with E-state index < -0.39 is 39.8 Å². The molecular formula is C17H19NO6. The van der Waals surface area contributed by atoms with Gasteiger partial charge >= 0.3 is 0 Å². The Balaban J connectivity index is 2.67. The average Bonchev–Trinajstić information content (AvgIpc) is 2.44. The second-order valence-corrected chi connectivity index (χ2v) is 6.55. The molecule has 1 aliphatic carbocycles. The van der Waals surface area contributed by atoms with Crippen molar-refractivity contribution in [2.24, 2.45) is 11.8 Å². The Morgan fingerprint density at radius 3 is 2.42 bits per heavy atom. The van der Waals surface area contributed by atoms with Crippen LogP contribution in [0.25, 0.3) is 0 Å². The Kier molecular flexibility index (Phi) is 4.66. The summed E-state index contributed by atoms with van der Waals surface area (Å²) in [6.45, 7) is 3.93. The van der Waals surface area contributed by atoms with Gasteiger partial charge in [0, 0.05) is 24.5 Å². The number of nitro benzene ring substituents is 1. The summed E-state index contributed by atoms with van der Waals surface area (Å²) in [6.07, 6.45) is -0.299. The largest absolute Gasteiger partial charge is 0.389 e. The number of carbonyl (C=O) groups excluding carboxylic acids is 3. The van der Waals surface area contributed by atoms with Crippen LogP contribution in [0.1, 0.15) is 38.7 Å². The van der Waals surface area contributed by atoms with E-state index in [1.54, 1.807) is 0 Å². The molecule has 0 heterocycles. The molecule has 1 aromatic rings. The SMILES string of the molecule is CC(=O)[C@H]1C(=O)C[C@@](C)(O)[C@@H](C(C)=O)[C@@H]1c1cccc([N+](=O)[O-])c1. The van der Waals surface area contributed by atoms with Crippen molar-refractivity contribution in [1.82, 2.24) is 0 Å². The lowest BCUT2D eigenvalue weighted by Crippen LogP contribution is -2.53. The smallest absolute Gasteiger partial charge is 0.269 e. The minimum absolute atomic E-state index is 0.199. The van der Waals surface area contributed by atoms with Gasteiger partial charge in [-0.05, 0) is 26.3 Å². The second-order valence-electron chi connectivity index (χ2n) is 6.55. The van der Waals surface area contributed by atoms with Crippen molar-refractivity contribution in [3.05, 3.63) is 39.9 Å². The molecule has 0 unspecified atom stereocenters. The van der Waals surface area contributed by atoms with Crippen LogP contribution >= 0.6 is 0 Å². The zero-order valence-electron chi connectivity index (χ0n) is 13.7. The molecule has 2 rings (SSSR count). The normalized spacial score (nSPS) is 30.0. The minimum atomic E-state index is -1.61. The van der Waals surface area contributed by atoms with Crippen molar-refractivity contribution in [1.29, 1.82) is 0 Å². The maximum absolute atomic E-state index is 12.4. The van der Waals surface area contributed by atoms with Gasteiger partial charge < -0.3 is 5.11 Å². The summed E-state index contributed by atoms with van der Waals surface area (Å²) in [6, 6.07) is 5.52. The molecule has 7 nitrogen and oxygen atoms in total. The highest BCUT2D eigenvalue weighted by molar-refractivity contribution is 6.05. The fourth-order valence-corrected chi connectivity index (χ4v) is 3.75. The van der Waals surface area contributed by atoms with E-state index in [0.717, 1.165) is 0 Å². The van der Waals surface area contributed by atoms with E-state index in [1.807, 2.05) is 0 Å². The zero-order chi connectivity index (χ0) is 18.2. The lowest BCUT2D eigenvalue weighted by molar-refractivity contribution is -0.385. The summed E-state index contributed by atoms with van der Waals surface area (Å²) < 4.78 is 0. The molecule has 24 heavy (non-hydrogen) atoms. The summed E-state index contributed by atoms with van der Waals surface area (Å²) in [7, 11) is 0.